The summed E-state index contributed by atoms with van der Waals surface area (Å²) in [7, 11) is 0. The van der Waals surface area contributed by atoms with E-state index in [-0.39, 0.29) is 6.04 Å². The fraction of sp³-hybridized carbons (Fsp3) is 0.714. The summed E-state index contributed by atoms with van der Waals surface area (Å²) >= 11 is 17.0. The summed E-state index contributed by atoms with van der Waals surface area (Å²) in [5.74, 6) is 0. The maximum absolute atomic E-state index is 8.93. The zero-order chi connectivity index (χ0) is 10.9. The minimum Gasteiger partial charge on any atom is -0.282 e. The van der Waals surface area contributed by atoms with Crippen molar-refractivity contribution in [2.75, 3.05) is 0 Å². The number of rotatable bonds is 1. The smallest absolute Gasteiger partial charge is 0.271 e. The molecule has 0 aromatic carbocycles. The van der Waals surface area contributed by atoms with Crippen LogP contribution in [0.5, 0.6) is 0 Å². The highest BCUT2D eigenvalue weighted by atomic mass is 35.6. The summed E-state index contributed by atoms with van der Waals surface area (Å²) in [5.41, 5.74) is 0. The maximum atomic E-state index is 8.93. The van der Waals surface area contributed by atoms with Crippen molar-refractivity contribution in [2.45, 2.75) is 30.0 Å². The molecule has 1 atom stereocenters. The van der Waals surface area contributed by atoms with Crippen molar-refractivity contribution in [3.63, 3.8) is 0 Å². The highest BCUT2D eigenvalue weighted by Gasteiger charge is 2.40. The van der Waals surface area contributed by atoms with Crippen molar-refractivity contribution in [3.05, 3.63) is 0 Å². The summed E-state index contributed by atoms with van der Waals surface area (Å²) in [6.45, 7) is 3.81. The Kier molecular flexibility index (Phi) is 3.36. The van der Waals surface area contributed by atoms with E-state index in [0.29, 0.717) is 0 Å². The lowest BCUT2D eigenvalue weighted by Crippen LogP contribution is -2.46. The summed E-state index contributed by atoms with van der Waals surface area (Å²) in [6, 6.07) is 2.10. The van der Waals surface area contributed by atoms with Gasteiger partial charge in [0.05, 0.1) is 0 Å². The van der Waals surface area contributed by atoms with Gasteiger partial charge in [0.2, 0.25) is 6.17 Å². The summed E-state index contributed by atoms with van der Waals surface area (Å²) in [4.78, 5) is 1.28. The molecule has 0 aromatic rings. The van der Waals surface area contributed by atoms with Gasteiger partial charge in [-0.05, 0) is 13.8 Å². The van der Waals surface area contributed by atoms with Gasteiger partial charge in [-0.15, -0.1) is 0 Å². The largest absolute Gasteiger partial charge is 0.282 e. The van der Waals surface area contributed by atoms with Crippen LogP contribution in [0.25, 0.3) is 0 Å². The van der Waals surface area contributed by atoms with Gasteiger partial charge in [-0.2, -0.15) is 10.4 Å². The molecule has 1 aliphatic heterocycles. The Morgan fingerprint density at radius 2 is 2.07 bits per heavy atom. The number of hydrazone groups is 1. The molecule has 0 N–H and O–H groups in total. The van der Waals surface area contributed by atoms with Crippen LogP contribution in [0.2, 0.25) is 0 Å². The first kappa shape index (κ1) is 11.7. The second-order valence-corrected chi connectivity index (χ2v) is 5.30. The molecular formula is C7H9Cl3N4. The van der Waals surface area contributed by atoms with Gasteiger partial charge >= 0.3 is 0 Å². The zero-order valence-corrected chi connectivity index (χ0v) is 9.92. The molecule has 4 nitrogen and oxygen atoms in total. The van der Waals surface area contributed by atoms with Gasteiger partial charge in [0.1, 0.15) is 12.4 Å². The second kappa shape index (κ2) is 4.01. The molecule has 0 spiro atoms. The van der Waals surface area contributed by atoms with E-state index < -0.39 is 10.1 Å². The Morgan fingerprint density at radius 3 is 2.43 bits per heavy atom. The van der Waals surface area contributed by atoms with Crippen LogP contribution < -0.4 is 0 Å². The number of hydrogen-bond acceptors (Lipinski definition) is 4. The molecule has 0 saturated heterocycles. The lowest BCUT2D eigenvalue weighted by Gasteiger charge is -2.31. The minimum atomic E-state index is -1.65. The molecular weight excluding hydrogens is 246 g/mol. The summed E-state index contributed by atoms with van der Waals surface area (Å²) in [5, 5.41) is 14.5. The fourth-order valence-electron chi connectivity index (χ4n) is 1.11. The van der Waals surface area contributed by atoms with E-state index in [1.54, 1.807) is 5.01 Å². The average Bonchev–Trinajstić information content (AvgIpc) is 2.45. The topological polar surface area (TPSA) is 42.6 Å². The molecule has 0 aromatic heterocycles. The van der Waals surface area contributed by atoms with E-state index in [0.717, 1.165) is 0 Å². The van der Waals surface area contributed by atoms with E-state index in [9.17, 15) is 0 Å². The van der Waals surface area contributed by atoms with Gasteiger partial charge < -0.3 is 0 Å². The average molecular weight is 256 g/mol. The van der Waals surface area contributed by atoms with Gasteiger partial charge in [-0.1, -0.05) is 34.8 Å². The lowest BCUT2D eigenvalue weighted by atomic mass is 10.3. The molecule has 78 valence electrons. The van der Waals surface area contributed by atoms with E-state index in [2.05, 4.69) is 5.10 Å². The molecule has 1 aliphatic rings. The van der Waals surface area contributed by atoms with Crippen molar-refractivity contribution in [1.82, 2.24) is 9.91 Å². The molecule has 0 fully saturated rings. The van der Waals surface area contributed by atoms with Crippen LogP contribution in [0, 0.1) is 11.3 Å². The first-order valence-corrected chi connectivity index (χ1v) is 5.08. The lowest BCUT2D eigenvalue weighted by molar-refractivity contribution is 0.140. The molecule has 14 heavy (non-hydrogen) atoms. The molecule has 1 rings (SSSR count). The van der Waals surface area contributed by atoms with Crippen LogP contribution in [-0.4, -0.2) is 32.4 Å². The van der Waals surface area contributed by atoms with Gasteiger partial charge in [0, 0.05) is 6.04 Å². The molecule has 0 radical (unpaired) electrons. The number of halogens is 3. The molecule has 0 amide bonds. The molecule has 1 heterocycles. The van der Waals surface area contributed by atoms with Crippen molar-refractivity contribution in [2.24, 2.45) is 5.10 Å². The van der Waals surface area contributed by atoms with Crippen molar-refractivity contribution >= 4 is 41.1 Å². The highest BCUT2D eigenvalue weighted by Crippen LogP contribution is 2.34. The molecule has 1 unspecified atom stereocenters. The van der Waals surface area contributed by atoms with Crippen molar-refractivity contribution in [3.8, 4) is 6.07 Å². The summed E-state index contributed by atoms with van der Waals surface area (Å²) < 4.78 is -1.65. The fourth-order valence-corrected chi connectivity index (χ4v) is 1.52. The van der Waals surface area contributed by atoms with E-state index >= 15 is 0 Å². The van der Waals surface area contributed by atoms with Gasteiger partial charge in [-0.25, -0.2) is 0 Å². The maximum Gasteiger partial charge on any atom is 0.271 e. The molecule has 7 heteroatoms. The van der Waals surface area contributed by atoms with Crippen LogP contribution >= 0.6 is 34.8 Å². The Balaban J connectivity index is 2.87. The number of hydrogen-bond donors (Lipinski definition) is 0. The monoisotopic (exact) mass is 254 g/mol. The third-order valence-electron chi connectivity index (χ3n) is 1.76. The highest BCUT2D eigenvalue weighted by molar-refractivity contribution is 6.67. The Labute approximate surface area is 97.6 Å². The van der Waals surface area contributed by atoms with Crippen LogP contribution in [-0.2, 0) is 0 Å². The standard InChI is InChI=1S/C7H9Cl3N4/c1-5(2)14-6(3-11)13(4-12-14)7(8,9)10/h4-6H,1-2H3. The predicted octanol–water partition coefficient (Wildman–Crippen LogP) is 2.13. The second-order valence-electron chi connectivity index (χ2n) is 3.08. The molecule has 0 bridgehead atoms. The van der Waals surface area contributed by atoms with E-state index in [4.69, 9.17) is 40.1 Å². The molecule has 0 saturated carbocycles. The third-order valence-corrected chi connectivity index (χ3v) is 2.35. The summed E-state index contributed by atoms with van der Waals surface area (Å²) in [6.07, 6.45) is 0.698. The zero-order valence-electron chi connectivity index (χ0n) is 7.65. The minimum absolute atomic E-state index is 0.0771. The molecule has 0 aliphatic carbocycles. The van der Waals surface area contributed by atoms with Gasteiger partial charge in [-0.3, -0.25) is 9.91 Å². The van der Waals surface area contributed by atoms with Crippen LogP contribution in [0.3, 0.4) is 0 Å². The van der Waals surface area contributed by atoms with Crippen LogP contribution in [0.15, 0.2) is 5.10 Å². The number of nitrogens with zero attached hydrogens (tertiary/aromatic N) is 4. The van der Waals surface area contributed by atoms with E-state index in [1.807, 2.05) is 19.9 Å². The van der Waals surface area contributed by atoms with Crippen molar-refractivity contribution in [1.29, 1.82) is 5.26 Å². The normalized spacial score (nSPS) is 21.9. The Bertz CT molecular complexity index is 278. The SMILES string of the molecule is CC(C)N1N=CN(C(Cl)(Cl)Cl)C1C#N. The van der Waals surface area contributed by atoms with Crippen LogP contribution in [0.1, 0.15) is 13.8 Å². The van der Waals surface area contributed by atoms with Crippen LogP contribution in [0.4, 0.5) is 0 Å². The first-order chi connectivity index (χ1) is 6.38. The van der Waals surface area contributed by atoms with Gasteiger partial charge in [0.15, 0.2) is 0 Å². The van der Waals surface area contributed by atoms with Gasteiger partial charge in [0.25, 0.3) is 3.92 Å². The number of nitriles is 1. The van der Waals surface area contributed by atoms with E-state index in [1.165, 1.54) is 11.2 Å². The Hall–Kier alpha value is -0.370. The predicted molar refractivity (Wildman–Crippen MR) is 57.0 cm³/mol. The number of alkyl halides is 3. The van der Waals surface area contributed by atoms with Crippen molar-refractivity contribution < 1.29 is 0 Å². The quantitative estimate of drug-likeness (QED) is 0.532. The Morgan fingerprint density at radius 1 is 1.50 bits per heavy atom. The third kappa shape index (κ3) is 2.17. The first-order valence-electron chi connectivity index (χ1n) is 3.95.